The van der Waals surface area contributed by atoms with Crippen molar-refractivity contribution in [3.05, 3.63) is 48.2 Å². The van der Waals surface area contributed by atoms with Crippen LogP contribution < -0.4 is 10.1 Å². The Hall–Kier alpha value is -3.75. The molecule has 1 saturated heterocycles. The van der Waals surface area contributed by atoms with Gasteiger partial charge >= 0.3 is 5.97 Å². The van der Waals surface area contributed by atoms with Crippen LogP contribution in [-0.2, 0) is 25.7 Å². The predicted molar refractivity (Wildman–Crippen MR) is 105 cm³/mol. The molecule has 0 saturated carbocycles. The summed E-state index contributed by atoms with van der Waals surface area (Å²) in [5, 5.41) is 10.8. The Morgan fingerprint density at radius 3 is 2.53 bits per heavy atom. The van der Waals surface area contributed by atoms with Gasteiger partial charge in [-0.05, 0) is 35.9 Å². The van der Waals surface area contributed by atoms with Gasteiger partial charge in [-0.15, -0.1) is 0 Å². The van der Waals surface area contributed by atoms with E-state index in [9.17, 15) is 19.2 Å². The molecule has 1 unspecified atom stereocenters. The van der Waals surface area contributed by atoms with Gasteiger partial charge in [0, 0.05) is 31.3 Å². The van der Waals surface area contributed by atoms with Gasteiger partial charge in [0.25, 0.3) is 0 Å². The monoisotopic (exact) mass is 411 g/mol. The third-order valence-corrected chi connectivity index (χ3v) is 4.77. The number of aromatic nitrogens is 1. The van der Waals surface area contributed by atoms with Crippen molar-refractivity contribution in [2.24, 2.45) is 5.92 Å². The van der Waals surface area contributed by atoms with Crippen LogP contribution in [0.25, 0.3) is 11.3 Å². The van der Waals surface area contributed by atoms with Crippen LogP contribution in [0.15, 0.2) is 42.6 Å². The van der Waals surface area contributed by atoms with E-state index in [1.54, 1.807) is 13.3 Å². The largest absolute Gasteiger partial charge is 0.497 e. The Bertz CT molecular complexity index is 956. The van der Waals surface area contributed by atoms with Gasteiger partial charge in [-0.2, -0.15) is 0 Å². The van der Waals surface area contributed by atoms with Crippen molar-refractivity contribution < 1.29 is 29.0 Å². The summed E-state index contributed by atoms with van der Waals surface area (Å²) in [6, 6.07) is 11.1. The number of ketones is 1. The molecular weight excluding hydrogens is 390 g/mol. The second-order valence-corrected chi connectivity index (χ2v) is 6.80. The Morgan fingerprint density at radius 1 is 1.20 bits per heavy atom. The molecule has 1 aromatic heterocycles. The number of benzene rings is 1. The van der Waals surface area contributed by atoms with E-state index >= 15 is 0 Å². The summed E-state index contributed by atoms with van der Waals surface area (Å²) >= 11 is 0. The Morgan fingerprint density at radius 2 is 1.93 bits per heavy atom. The summed E-state index contributed by atoms with van der Waals surface area (Å²) in [5.41, 5.74) is 2.42. The smallest absolute Gasteiger partial charge is 0.322 e. The van der Waals surface area contributed by atoms with E-state index in [2.05, 4.69) is 10.3 Å². The fourth-order valence-corrected chi connectivity index (χ4v) is 3.17. The lowest BCUT2D eigenvalue weighted by Crippen LogP contribution is -2.52. The van der Waals surface area contributed by atoms with Gasteiger partial charge in [-0.3, -0.25) is 24.2 Å². The zero-order chi connectivity index (χ0) is 21.7. The van der Waals surface area contributed by atoms with Crippen LogP contribution in [0.3, 0.4) is 0 Å². The van der Waals surface area contributed by atoms with E-state index in [-0.39, 0.29) is 19.5 Å². The molecular formula is C21H21N3O6. The number of piperidine rings is 1. The van der Waals surface area contributed by atoms with E-state index < -0.39 is 36.0 Å². The lowest BCUT2D eigenvalue weighted by Gasteiger charge is -2.30. The molecule has 3 rings (SSSR count). The predicted octanol–water partition coefficient (Wildman–Crippen LogP) is 0.876. The van der Waals surface area contributed by atoms with Crippen molar-refractivity contribution >= 4 is 23.6 Å². The molecule has 1 aliphatic heterocycles. The van der Waals surface area contributed by atoms with E-state index in [1.807, 2.05) is 36.4 Å². The number of pyridine rings is 1. The summed E-state index contributed by atoms with van der Waals surface area (Å²) in [6.07, 6.45) is 1.68. The number of rotatable bonds is 7. The molecule has 2 N–H and O–H groups in total. The highest BCUT2D eigenvalue weighted by Gasteiger charge is 2.40. The number of hydrogen-bond acceptors (Lipinski definition) is 6. The lowest BCUT2D eigenvalue weighted by atomic mass is 9.94. The average Bonchev–Trinajstić information content (AvgIpc) is 2.75. The number of carboxylic acid groups (broad SMARTS) is 1. The highest BCUT2D eigenvalue weighted by Crippen LogP contribution is 2.22. The maximum absolute atomic E-state index is 12.6. The molecule has 2 heterocycles. The molecule has 1 atom stereocenters. The Kier molecular flexibility index (Phi) is 6.41. The average molecular weight is 411 g/mol. The Balaban J connectivity index is 1.67. The summed E-state index contributed by atoms with van der Waals surface area (Å²) in [7, 11) is 1.60. The van der Waals surface area contributed by atoms with Gasteiger partial charge in [-0.25, -0.2) is 0 Å². The number of nitrogens with one attached hydrogen (secondary N) is 1. The van der Waals surface area contributed by atoms with Crippen LogP contribution in [-0.4, -0.2) is 58.8 Å². The number of hydrogen-bond donors (Lipinski definition) is 2. The van der Waals surface area contributed by atoms with E-state index in [4.69, 9.17) is 9.84 Å². The number of Topliss-reactive ketones (excluding diaryl/α,β-unsaturated/α-hetero) is 1. The molecule has 156 valence electrons. The van der Waals surface area contributed by atoms with Crippen LogP contribution in [0.4, 0.5) is 0 Å². The lowest BCUT2D eigenvalue weighted by molar-refractivity contribution is -0.152. The zero-order valence-electron chi connectivity index (χ0n) is 16.3. The highest BCUT2D eigenvalue weighted by molar-refractivity contribution is 6.19. The van der Waals surface area contributed by atoms with Crippen molar-refractivity contribution in [2.75, 3.05) is 20.2 Å². The molecule has 30 heavy (non-hydrogen) atoms. The first-order chi connectivity index (χ1) is 14.4. The third kappa shape index (κ3) is 4.80. The number of aliphatic carboxylic acids is 1. The van der Waals surface area contributed by atoms with Gasteiger partial charge in [0.15, 0.2) is 11.7 Å². The maximum atomic E-state index is 12.6. The molecule has 0 spiro atoms. The van der Waals surface area contributed by atoms with Crippen molar-refractivity contribution in [3.63, 3.8) is 0 Å². The summed E-state index contributed by atoms with van der Waals surface area (Å²) in [6.45, 7) is -0.252. The van der Waals surface area contributed by atoms with Gasteiger partial charge in [0.05, 0.1) is 12.8 Å². The van der Waals surface area contributed by atoms with Crippen molar-refractivity contribution in [2.45, 2.75) is 13.0 Å². The fraction of sp³-hybridized carbons (Fsp3) is 0.286. The number of methoxy groups -OCH3 is 1. The number of likely N-dealkylation sites (tertiary alicyclic amines) is 1. The SMILES string of the molecule is COc1ccc(-c2ccc(CN3CCC(=O)C(C(=O)NCC(=O)O)C3=O)cn2)cc1. The third-order valence-electron chi connectivity index (χ3n) is 4.77. The standard InChI is InChI=1S/C21H21N3O6/c1-30-15-5-3-14(4-6-15)16-7-2-13(10-22-16)12-24-9-8-17(25)19(21(24)29)20(28)23-11-18(26)27/h2-7,10,19H,8-9,11-12H2,1H3,(H,23,28)(H,26,27). The van der Waals surface area contributed by atoms with Crippen LogP contribution in [0.1, 0.15) is 12.0 Å². The molecule has 1 fully saturated rings. The fourth-order valence-electron chi connectivity index (χ4n) is 3.17. The quantitative estimate of drug-likeness (QED) is 0.648. The van der Waals surface area contributed by atoms with Gasteiger partial charge in [0.1, 0.15) is 12.3 Å². The minimum Gasteiger partial charge on any atom is -0.497 e. The number of amides is 2. The highest BCUT2D eigenvalue weighted by atomic mass is 16.5. The second kappa shape index (κ2) is 9.17. The van der Waals surface area contributed by atoms with Crippen LogP contribution in [0.5, 0.6) is 5.75 Å². The summed E-state index contributed by atoms with van der Waals surface area (Å²) in [5.74, 6) is -4.04. The molecule has 0 radical (unpaired) electrons. The molecule has 9 heteroatoms. The van der Waals surface area contributed by atoms with Gasteiger partial charge in [-0.1, -0.05) is 6.07 Å². The zero-order valence-corrected chi connectivity index (χ0v) is 16.3. The molecule has 1 aliphatic rings. The van der Waals surface area contributed by atoms with Gasteiger partial charge in [0.2, 0.25) is 11.8 Å². The maximum Gasteiger partial charge on any atom is 0.322 e. The molecule has 0 aliphatic carbocycles. The molecule has 2 aromatic rings. The molecule has 2 amide bonds. The minimum absolute atomic E-state index is 0.0360. The number of carbonyl (C=O) groups is 4. The topological polar surface area (TPSA) is 126 Å². The molecule has 0 bridgehead atoms. The first-order valence-electron chi connectivity index (χ1n) is 9.29. The number of nitrogens with zero attached hydrogens (tertiary/aromatic N) is 2. The van der Waals surface area contributed by atoms with E-state index in [0.29, 0.717) is 0 Å². The molecule has 1 aromatic carbocycles. The summed E-state index contributed by atoms with van der Waals surface area (Å²) < 4.78 is 5.14. The normalized spacial score (nSPS) is 16.3. The van der Waals surface area contributed by atoms with Gasteiger partial charge < -0.3 is 20.1 Å². The molecule has 9 nitrogen and oxygen atoms in total. The number of carboxylic acids is 1. The van der Waals surface area contributed by atoms with Crippen LogP contribution >= 0.6 is 0 Å². The number of ether oxygens (including phenoxy) is 1. The summed E-state index contributed by atoms with van der Waals surface area (Å²) in [4.78, 5) is 53.2. The minimum atomic E-state index is -1.51. The van der Waals surface area contributed by atoms with Crippen molar-refractivity contribution in [1.82, 2.24) is 15.2 Å². The first-order valence-corrected chi connectivity index (χ1v) is 9.29. The number of carbonyl (C=O) groups excluding carboxylic acids is 3. The van der Waals surface area contributed by atoms with E-state index in [0.717, 1.165) is 22.6 Å². The van der Waals surface area contributed by atoms with Crippen molar-refractivity contribution in [1.29, 1.82) is 0 Å². The van der Waals surface area contributed by atoms with Crippen LogP contribution in [0, 0.1) is 5.92 Å². The van der Waals surface area contributed by atoms with E-state index in [1.165, 1.54) is 4.90 Å². The van der Waals surface area contributed by atoms with Crippen LogP contribution in [0.2, 0.25) is 0 Å². The first kappa shape index (κ1) is 21.0. The van der Waals surface area contributed by atoms with Crippen molar-refractivity contribution in [3.8, 4) is 17.0 Å². The second-order valence-electron chi connectivity index (χ2n) is 6.80. The Labute approximate surface area is 172 Å².